The zero-order valence-electron chi connectivity index (χ0n) is 12.6. The number of likely N-dealkylation sites (tertiary alicyclic amines) is 1. The second kappa shape index (κ2) is 5.55. The number of hydrogen-bond acceptors (Lipinski definition) is 3. The Hall–Kier alpha value is -2.17. The third-order valence-electron chi connectivity index (χ3n) is 4.95. The molecule has 0 N–H and O–H groups in total. The van der Waals surface area contributed by atoms with E-state index in [4.69, 9.17) is 0 Å². The highest BCUT2D eigenvalue weighted by Gasteiger charge is 2.34. The van der Waals surface area contributed by atoms with E-state index >= 15 is 0 Å². The largest absolute Gasteiger partial charge is 0.340 e. The van der Waals surface area contributed by atoms with Gasteiger partial charge < -0.3 is 4.90 Å². The van der Waals surface area contributed by atoms with E-state index in [1.807, 2.05) is 15.6 Å². The minimum absolute atomic E-state index is 0.0469. The maximum atomic E-state index is 13.0. The Balaban J connectivity index is 1.51. The maximum Gasteiger partial charge on any atom is 0.230 e. The summed E-state index contributed by atoms with van der Waals surface area (Å²) in [5.41, 5.74) is 2.57. The summed E-state index contributed by atoms with van der Waals surface area (Å²) in [7, 11) is 0. The summed E-state index contributed by atoms with van der Waals surface area (Å²) in [5.74, 6) is 0.334. The Kier molecular flexibility index (Phi) is 3.41. The average Bonchev–Trinajstić information content (AvgIpc) is 3.24. The number of carbonyl (C=O) groups excluding carboxylic acids is 1. The predicted octanol–water partition coefficient (Wildman–Crippen LogP) is 2.17. The number of rotatable bonds is 2. The first-order chi connectivity index (χ1) is 10.8. The second-order valence-electron chi connectivity index (χ2n) is 6.25. The smallest absolute Gasteiger partial charge is 0.230 e. The monoisotopic (exact) mass is 296 g/mol. The first-order valence-corrected chi connectivity index (χ1v) is 8.03. The molecule has 114 valence electrons. The molecule has 0 saturated carbocycles. The van der Waals surface area contributed by atoms with Gasteiger partial charge in [0.1, 0.15) is 12.7 Å². The minimum atomic E-state index is 0.0469. The third-order valence-corrected chi connectivity index (χ3v) is 4.95. The molecule has 0 spiro atoms. The van der Waals surface area contributed by atoms with Crippen molar-refractivity contribution in [2.75, 3.05) is 13.1 Å². The zero-order valence-corrected chi connectivity index (χ0v) is 12.6. The average molecular weight is 296 g/mol. The zero-order chi connectivity index (χ0) is 14.9. The van der Waals surface area contributed by atoms with Crippen molar-refractivity contribution in [2.45, 2.75) is 37.6 Å². The molecule has 4 rings (SSSR count). The van der Waals surface area contributed by atoms with Crippen LogP contribution >= 0.6 is 0 Å². The van der Waals surface area contributed by atoms with Crippen molar-refractivity contribution < 1.29 is 4.79 Å². The molecule has 5 nitrogen and oxygen atoms in total. The quantitative estimate of drug-likeness (QED) is 0.853. The van der Waals surface area contributed by atoms with Crippen molar-refractivity contribution in [2.24, 2.45) is 0 Å². The molecule has 0 bridgehead atoms. The van der Waals surface area contributed by atoms with Crippen LogP contribution in [0.25, 0.3) is 0 Å². The van der Waals surface area contributed by atoms with Crippen LogP contribution < -0.4 is 0 Å². The van der Waals surface area contributed by atoms with Crippen LogP contribution in [0.2, 0.25) is 0 Å². The van der Waals surface area contributed by atoms with Gasteiger partial charge in [-0.05, 0) is 36.8 Å². The van der Waals surface area contributed by atoms with Crippen LogP contribution in [0.4, 0.5) is 0 Å². The SMILES string of the molecule is O=C([C@@H]1CCc2ccccc21)N1CCC[C@H](n2cncn2)C1. The fourth-order valence-electron chi connectivity index (χ4n) is 3.81. The van der Waals surface area contributed by atoms with Gasteiger partial charge in [-0.15, -0.1) is 0 Å². The van der Waals surface area contributed by atoms with Gasteiger partial charge in [0.15, 0.2) is 0 Å². The van der Waals surface area contributed by atoms with E-state index in [2.05, 4.69) is 28.3 Å². The Morgan fingerprint density at radius 1 is 1.23 bits per heavy atom. The highest BCUT2D eigenvalue weighted by atomic mass is 16.2. The van der Waals surface area contributed by atoms with E-state index in [0.29, 0.717) is 0 Å². The van der Waals surface area contributed by atoms with Crippen LogP contribution in [0.5, 0.6) is 0 Å². The normalized spacial score (nSPS) is 24.3. The summed E-state index contributed by atoms with van der Waals surface area (Å²) in [5, 5.41) is 4.23. The van der Waals surface area contributed by atoms with Gasteiger partial charge >= 0.3 is 0 Å². The van der Waals surface area contributed by atoms with Gasteiger partial charge in [-0.25, -0.2) is 9.67 Å². The highest BCUT2D eigenvalue weighted by molar-refractivity contribution is 5.85. The van der Waals surface area contributed by atoms with Crippen LogP contribution in [0.3, 0.4) is 0 Å². The lowest BCUT2D eigenvalue weighted by Gasteiger charge is -2.34. The summed E-state index contributed by atoms with van der Waals surface area (Å²) in [6.45, 7) is 1.61. The first kappa shape index (κ1) is 13.5. The Morgan fingerprint density at radius 3 is 3.00 bits per heavy atom. The van der Waals surface area contributed by atoms with Crippen LogP contribution in [0, 0.1) is 0 Å². The molecule has 1 aromatic heterocycles. The van der Waals surface area contributed by atoms with Crippen molar-refractivity contribution in [1.82, 2.24) is 19.7 Å². The van der Waals surface area contributed by atoms with Gasteiger partial charge in [-0.1, -0.05) is 24.3 Å². The van der Waals surface area contributed by atoms with Crippen molar-refractivity contribution in [1.29, 1.82) is 0 Å². The molecule has 2 heterocycles. The first-order valence-electron chi connectivity index (χ1n) is 8.03. The third kappa shape index (κ3) is 2.30. The number of aryl methyl sites for hydroxylation is 1. The molecule has 1 aromatic carbocycles. The molecule has 1 saturated heterocycles. The number of fused-ring (bicyclic) bond motifs is 1. The maximum absolute atomic E-state index is 13.0. The summed E-state index contributed by atoms with van der Waals surface area (Å²) in [6, 6.07) is 8.63. The summed E-state index contributed by atoms with van der Waals surface area (Å²) in [6.07, 6.45) is 7.38. The number of aromatic nitrogens is 3. The van der Waals surface area contributed by atoms with E-state index in [1.54, 1.807) is 12.7 Å². The topological polar surface area (TPSA) is 51.0 Å². The van der Waals surface area contributed by atoms with Gasteiger partial charge in [-0.3, -0.25) is 4.79 Å². The van der Waals surface area contributed by atoms with Gasteiger partial charge in [0.05, 0.1) is 12.0 Å². The Bertz CT molecular complexity index is 667. The standard InChI is InChI=1S/C17H20N4O/c22-17(16-8-7-13-4-1-2-6-15(13)16)20-9-3-5-14(10-20)21-12-18-11-19-21/h1-2,4,6,11-12,14,16H,3,5,7-10H2/t14-,16+/m0/s1. The predicted molar refractivity (Wildman–Crippen MR) is 82.4 cm³/mol. The fraction of sp³-hybridized carbons (Fsp3) is 0.471. The number of amides is 1. The van der Waals surface area contributed by atoms with Crippen LogP contribution in [-0.2, 0) is 11.2 Å². The lowest BCUT2D eigenvalue weighted by Crippen LogP contribution is -2.42. The molecule has 22 heavy (non-hydrogen) atoms. The molecule has 2 atom stereocenters. The van der Waals surface area contributed by atoms with Gasteiger partial charge in [0, 0.05) is 13.1 Å². The molecular weight excluding hydrogens is 276 g/mol. The number of benzene rings is 1. The number of piperidine rings is 1. The Morgan fingerprint density at radius 2 is 2.14 bits per heavy atom. The van der Waals surface area contributed by atoms with E-state index in [9.17, 15) is 4.79 Å². The summed E-state index contributed by atoms with van der Waals surface area (Å²) >= 11 is 0. The number of nitrogens with zero attached hydrogens (tertiary/aromatic N) is 4. The van der Waals surface area contributed by atoms with Crippen molar-refractivity contribution in [3.8, 4) is 0 Å². The van der Waals surface area contributed by atoms with Gasteiger partial charge in [0.2, 0.25) is 5.91 Å². The van der Waals surface area contributed by atoms with Crippen molar-refractivity contribution in [3.05, 3.63) is 48.0 Å². The minimum Gasteiger partial charge on any atom is -0.340 e. The molecule has 2 aromatic rings. The van der Waals surface area contributed by atoms with Crippen LogP contribution in [-0.4, -0.2) is 38.7 Å². The van der Waals surface area contributed by atoms with E-state index in [-0.39, 0.29) is 17.9 Å². The van der Waals surface area contributed by atoms with Gasteiger partial charge in [-0.2, -0.15) is 5.10 Å². The lowest BCUT2D eigenvalue weighted by atomic mass is 9.97. The molecule has 2 aliphatic rings. The molecule has 1 aliphatic carbocycles. The molecule has 0 unspecified atom stereocenters. The fourth-order valence-corrected chi connectivity index (χ4v) is 3.81. The Labute approximate surface area is 130 Å². The molecule has 5 heteroatoms. The summed E-state index contributed by atoms with van der Waals surface area (Å²) < 4.78 is 1.89. The molecule has 0 radical (unpaired) electrons. The number of hydrogen-bond donors (Lipinski definition) is 0. The molecular formula is C17H20N4O. The molecule has 1 amide bonds. The van der Waals surface area contributed by atoms with Crippen molar-refractivity contribution >= 4 is 5.91 Å². The second-order valence-corrected chi connectivity index (χ2v) is 6.25. The highest BCUT2D eigenvalue weighted by Crippen LogP contribution is 2.35. The van der Waals surface area contributed by atoms with Gasteiger partial charge in [0.25, 0.3) is 0 Å². The lowest BCUT2D eigenvalue weighted by molar-refractivity contribution is -0.134. The number of carbonyl (C=O) groups is 1. The van der Waals surface area contributed by atoms with Crippen LogP contribution in [0.1, 0.15) is 42.3 Å². The van der Waals surface area contributed by atoms with Crippen LogP contribution in [0.15, 0.2) is 36.9 Å². The van der Waals surface area contributed by atoms with E-state index in [1.165, 1.54) is 11.1 Å². The van der Waals surface area contributed by atoms with E-state index in [0.717, 1.165) is 38.8 Å². The van der Waals surface area contributed by atoms with E-state index < -0.39 is 0 Å². The van der Waals surface area contributed by atoms with Crippen molar-refractivity contribution in [3.63, 3.8) is 0 Å². The summed E-state index contributed by atoms with van der Waals surface area (Å²) in [4.78, 5) is 19.0. The molecule has 1 aliphatic heterocycles. The molecule has 1 fully saturated rings.